The molecule has 0 aliphatic carbocycles. The summed E-state index contributed by atoms with van der Waals surface area (Å²) in [5.41, 5.74) is 2.53. The van der Waals surface area contributed by atoms with Crippen molar-refractivity contribution in [1.29, 1.82) is 0 Å². The molecule has 0 spiro atoms. The van der Waals surface area contributed by atoms with Crippen LogP contribution >= 0.6 is 0 Å². The van der Waals surface area contributed by atoms with E-state index in [2.05, 4.69) is 5.32 Å². The van der Waals surface area contributed by atoms with Crippen LogP contribution < -0.4 is 19.7 Å². The van der Waals surface area contributed by atoms with Crippen molar-refractivity contribution in [3.8, 4) is 11.5 Å². The van der Waals surface area contributed by atoms with Crippen molar-refractivity contribution in [1.82, 2.24) is 5.32 Å². The van der Waals surface area contributed by atoms with Gasteiger partial charge in [-0.1, -0.05) is 23.8 Å². The zero-order valence-electron chi connectivity index (χ0n) is 18.7. The normalized spacial score (nSPS) is 16.4. The number of aryl methyl sites for hydroxylation is 1. The van der Waals surface area contributed by atoms with E-state index in [1.165, 1.54) is 21.3 Å². The van der Waals surface area contributed by atoms with Crippen molar-refractivity contribution in [3.05, 3.63) is 53.6 Å². The highest BCUT2D eigenvalue weighted by atomic mass is 16.5. The van der Waals surface area contributed by atoms with Crippen LogP contribution in [0.1, 0.15) is 30.0 Å². The van der Waals surface area contributed by atoms with Crippen LogP contribution in [-0.4, -0.2) is 45.7 Å². The number of carbonyl (C=O) groups is 3. The summed E-state index contributed by atoms with van der Waals surface area (Å²) in [6, 6.07) is 12.1. The third kappa shape index (κ3) is 5.19. The van der Waals surface area contributed by atoms with Gasteiger partial charge in [-0.3, -0.25) is 14.4 Å². The summed E-state index contributed by atoms with van der Waals surface area (Å²) >= 11 is 0. The molecule has 1 heterocycles. The fourth-order valence-corrected chi connectivity index (χ4v) is 3.72. The molecule has 0 bridgehead atoms. The molecule has 0 radical (unpaired) electrons. The number of carbonyl (C=O) groups excluding carboxylic acids is 3. The molecular weight excluding hydrogens is 412 g/mol. The second-order valence-electron chi connectivity index (χ2n) is 7.70. The molecule has 1 N–H and O–H groups in total. The van der Waals surface area contributed by atoms with Gasteiger partial charge in [0.1, 0.15) is 0 Å². The summed E-state index contributed by atoms with van der Waals surface area (Å²) in [4.78, 5) is 39.2. The molecule has 0 aromatic heterocycles. The van der Waals surface area contributed by atoms with E-state index in [-0.39, 0.29) is 31.2 Å². The Kier molecular flexibility index (Phi) is 7.35. The molecular formula is C24H28N2O6. The molecule has 8 heteroatoms. The average molecular weight is 440 g/mol. The summed E-state index contributed by atoms with van der Waals surface area (Å²) in [6.07, 6.45) is 0.0522. The standard InChI is InChI=1S/C24H28N2O6/c1-15-5-8-18(9-6-15)26-14-17(12-22(26)27)24(29)25-19(13-23(28)32-4)16-7-10-20(30-2)21(11-16)31-3/h5-11,17,19H,12-14H2,1-4H3,(H,25,29). The Hall–Kier alpha value is -3.55. The molecule has 2 atom stereocenters. The number of anilines is 1. The molecule has 1 saturated heterocycles. The minimum absolute atomic E-state index is 0.0555. The van der Waals surface area contributed by atoms with Gasteiger partial charge in [0.25, 0.3) is 0 Å². The predicted molar refractivity (Wildman–Crippen MR) is 119 cm³/mol. The van der Waals surface area contributed by atoms with Gasteiger partial charge in [0, 0.05) is 18.7 Å². The smallest absolute Gasteiger partial charge is 0.307 e. The van der Waals surface area contributed by atoms with Crippen LogP contribution in [0, 0.1) is 12.8 Å². The zero-order valence-corrected chi connectivity index (χ0v) is 18.7. The molecule has 2 aromatic rings. The van der Waals surface area contributed by atoms with Gasteiger partial charge < -0.3 is 24.4 Å². The maximum atomic E-state index is 13.1. The third-order valence-electron chi connectivity index (χ3n) is 5.57. The van der Waals surface area contributed by atoms with Crippen LogP contribution in [0.25, 0.3) is 0 Å². The van der Waals surface area contributed by atoms with Gasteiger partial charge in [-0.2, -0.15) is 0 Å². The van der Waals surface area contributed by atoms with Gasteiger partial charge in [-0.25, -0.2) is 0 Å². The Morgan fingerprint density at radius 1 is 1.06 bits per heavy atom. The number of hydrogen-bond acceptors (Lipinski definition) is 6. The van der Waals surface area contributed by atoms with E-state index >= 15 is 0 Å². The molecule has 1 fully saturated rings. The lowest BCUT2D eigenvalue weighted by Crippen LogP contribution is -2.36. The lowest BCUT2D eigenvalue weighted by Gasteiger charge is -2.22. The van der Waals surface area contributed by atoms with Gasteiger partial charge in [0.2, 0.25) is 11.8 Å². The van der Waals surface area contributed by atoms with E-state index in [1.807, 2.05) is 31.2 Å². The number of ether oxygens (including phenoxy) is 3. The SMILES string of the molecule is COC(=O)CC(NC(=O)C1CC(=O)N(c2ccc(C)cc2)C1)c1ccc(OC)c(OC)c1. The van der Waals surface area contributed by atoms with Crippen LogP contribution in [0.5, 0.6) is 11.5 Å². The highest BCUT2D eigenvalue weighted by Gasteiger charge is 2.36. The molecule has 170 valence electrons. The maximum Gasteiger partial charge on any atom is 0.307 e. The van der Waals surface area contributed by atoms with Crippen LogP contribution in [0.3, 0.4) is 0 Å². The molecule has 2 aromatic carbocycles. The second-order valence-corrected chi connectivity index (χ2v) is 7.70. The summed E-state index contributed by atoms with van der Waals surface area (Å²) in [5, 5.41) is 2.92. The van der Waals surface area contributed by atoms with Crippen molar-refractivity contribution < 1.29 is 28.6 Å². The van der Waals surface area contributed by atoms with E-state index < -0.39 is 17.9 Å². The van der Waals surface area contributed by atoms with E-state index in [1.54, 1.807) is 23.1 Å². The first-order chi connectivity index (χ1) is 15.4. The maximum absolute atomic E-state index is 13.1. The van der Waals surface area contributed by atoms with Crippen LogP contribution in [-0.2, 0) is 19.1 Å². The van der Waals surface area contributed by atoms with E-state index in [9.17, 15) is 14.4 Å². The second kappa shape index (κ2) is 10.2. The Bertz CT molecular complexity index is 988. The zero-order chi connectivity index (χ0) is 23.3. The first kappa shape index (κ1) is 23.1. The highest BCUT2D eigenvalue weighted by Crippen LogP contribution is 2.32. The number of hydrogen-bond donors (Lipinski definition) is 1. The highest BCUT2D eigenvalue weighted by molar-refractivity contribution is 6.00. The van der Waals surface area contributed by atoms with Gasteiger partial charge in [-0.05, 0) is 36.8 Å². The minimum atomic E-state index is -0.640. The van der Waals surface area contributed by atoms with Crippen LogP contribution in [0.2, 0.25) is 0 Å². The average Bonchev–Trinajstić information content (AvgIpc) is 3.20. The summed E-state index contributed by atoms with van der Waals surface area (Å²) in [7, 11) is 4.34. The molecule has 3 rings (SSSR count). The van der Waals surface area contributed by atoms with E-state index in [4.69, 9.17) is 14.2 Å². The molecule has 8 nitrogen and oxygen atoms in total. The number of methoxy groups -OCH3 is 3. The van der Waals surface area contributed by atoms with Gasteiger partial charge in [-0.15, -0.1) is 0 Å². The fraction of sp³-hybridized carbons (Fsp3) is 0.375. The number of nitrogens with zero attached hydrogens (tertiary/aromatic N) is 1. The summed E-state index contributed by atoms with van der Waals surface area (Å²) in [6.45, 7) is 2.26. The van der Waals surface area contributed by atoms with Crippen LogP contribution in [0.15, 0.2) is 42.5 Å². The van der Waals surface area contributed by atoms with Crippen molar-refractivity contribution in [2.24, 2.45) is 5.92 Å². The van der Waals surface area contributed by atoms with Crippen molar-refractivity contribution in [2.45, 2.75) is 25.8 Å². The van der Waals surface area contributed by atoms with Gasteiger partial charge >= 0.3 is 5.97 Å². The van der Waals surface area contributed by atoms with Crippen molar-refractivity contribution in [2.75, 3.05) is 32.8 Å². The van der Waals surface area contributed by atoms with Gasteiger partial charge in [0.15, 0.2) is 11.5 Å². The van der Waals surface area contributed by atoms with E-state index in [0.717, 1.165) is 11.3 Å². The Balaban J connectivity index is 1.77. The topological polar surface area (TPSA) is 94.2 Å². The lowest BCUT2D eigenvalue weighted by molar-refractivity contribution is -0.141. The number of esters is 1. The Morgan fingerprint density at radius 3 is 2.38 bits per heavy atom. The molecule has 2 amide bonds. The number of amides is 2. The largest absolute Gasteiger partial charge is 0.493 e. The Morgan fingerprint density at radius 2 is 1.75 bits per heavy atom. The monoisotopic (exact) mass is 440 g/mol. The van der Waals surface area contributed by atoms with Crippen molar-refractivity contribution in [3.63, 3.8) is 0 Å². The number of rotatable bonds is 8. The van der Waals surface area contributed by atoms with Gasteiger partial charge in [0.05, 0.1) is 39.7 Å². The minimum Gasteiger partial charge on any atom is -0.493 e. The first-order valence-electron chi connectivity index (χ1n) is 10.3. The first-order valence-corrected chi connectivity index (χ1v) is 10.3. The Labute approximate surface area is 187 Å². The molecule has 1 aliphatic rings. The third-order valence-corrected chi connectivity index (χ3v) is 5.57. The molecule has 32 heavy (non-hydrogen) atoms. The van der Waals surface area contributed by atoms with Crippen LogP contribution in [0.4, 0.5) is 5.69 Å². The predicted octanol–water partition coefficient (Wildman–Crippen LogP) is 2.79. The molecule has 2 unspecified atom stereocenters. The van der Waals surface area contributed by atoms with Crippen molar-refractivity contribution >= 4 is 23.5 Å². The fourth-order valence-electron chi connectivity index (χ4n) is 3.72. The van der Waals surface area contributed by atoms with E-state index in [0.29, 0.717) is 17.1 Å². The summed E-state index contributed by atoms with van der Waals surface area (Å²) in [5.74, 6) is -0.371. The number of nitrogens with one attached hydrogen (secondary N) is 1. The molecule has 1 aliphatic heterocycles. The quantitative estimate of drug-likeness (QED) is 0.635. The molecule has 0 saturated carbocycles. The number of benzene rings is 2. The summed E-state index contributed by atoms with van der Waals surface area (Å²) < 4.78 is 15.4. The lowest BCUT2D eigenvalue weighted by atomic mass is 10.0.